The first kappa shape index (κ1) is 18.3. The lowest BCUT2D eigenvalue weighted by atomic mass is 9.89. The van der Waals surface area contributed by atoms with Gasteiger partial charge in [-0.2, -0.15) is 0 Å². The molecule has 1 aliphatic heterocycles. The Balaban J connectivity index is 1.56. The normalized spacial score (nSPS) is 22.1. The van der Waals surface area contributed by atoms with E-state index in [1.54, 1.807) is 12.1 Å². The van der Waals surface area contributed by atoms with Crippen molar-refractivity contribution in [2.75, 3.05) is 32.5 Å². The zero-order valence-corrected chi connectivity index (χ0v) is 15.6. The maximum Gasteiger partial charge on any atom is 0.255 e. The highest BCUT2D eigenvalue weighted by Gasteiger charge is 2.27. The SMILES string of the molecule is COc1cc(N)c(Cl)cc1C(=O)NC1CCN(CC2CCCCC2)C1. The van der Waals surface area contributed by atoms with E-state index in [9.17, 15) is 4.79 Å². The first-order valence-corrected chi connectivity index (χ1v) is 9.61. The van der Waals surface area contributed by atoms with Crippen LogP contribution in [0.3, 0.4) is 0 Å². The molecule has 0 spiro atoms. The van der Waals surface area contributed by atoms with Crippen LogP contribution < -0.4 is 15.8 Å². The monoisotopic (exact) mass is 365 g/mol. The Morgan fingerprint density at radius 2 is 2.08 bits per heavy atom. The van der Waals surface area contributed by atoms with E-state index in [2.05, 4.69) is 10.2 Å². The Morgan fingerprint density at radius 1 is 1.32 bits per heavy atom. The minimum atomic E-state index is -0.150. The molecule has 1 aliphatic carbocycles. The van der Waals surface area contributed by atoms with Crippen molar-refractivity contribution < 1.29 is 9.53 Å². The van der Waals surface area contributed by atoms with Gasteiger partial charge in [0, 0.05) is 31.7 Å². The molecule has 1 atom stereocenters. The van der Waals surface area contributed by atoms with E-state index in [1.807, 2.05) is 0 Å². The number of nitrogens with one attached hydrogen (secondary N) is 1. The van der Waals surface area contributed by atoms with Gasteiger partial charge in [-0.15, -0.1) is 0 Å². The summed E-state index contributed by atoms with van der Waals surface area (Å²) < 4.78 is 5.28. The second-order valence-electron chi connectivity index (χ2n) is 7.30. The van der Waals surface area contributed by atoms with Gasteiger partial charge in [-0.3, -0.25) is 4.79 Å². The molecule has 2 aliphatic rings. The molecule has 1 aromatic carbocycles. The summed E-state index contributed by atoms with van der Waals surface area (Å²) in [7, 11) is 1.53. The van der Waals surface area contributed by atoms with E-state index in [1.165, 1.54) is 45.8 Å². The highest BCUT2D eigenvalue weighted by atomic mass is 35.5. The summed E-state index contributed by atoms with van der Waals surface area (Å²) in [6.45, 7) is 3.15. The van der Waals surface area contributed by atoms with Crippen molar-refractivity contribution in [1.82, 2.24) is 10.2 Å². The number of likely N-dealkylation sites (tertiary alicyclic amines) is 1. The molecule has 6 heteroatoms. The molecule has 1 saturated carbocycles. The molecule has 0 bridgehead atoms. The Hall–Kier alpha value is -1.46. The van der Waals surface area contributed by atoms with Crippen molar-refractivity contribution in [3.05, 3.63) is 22.7 Å². The number of carbonyl (C=O) groups is 1. The molecule has 1 aromatic rings. The van der Waals surface area contributed by atoms with Crippen molar-refractivity contribution in [2.45, 2.75) is 44.6 Å². The Bertz CT molecular complexity index is 617. The lowest BCUT2D eigenvalue weighted by Crippen LogP contribution is -2.38. The van der Waals surface area contributed by atoms with Gasteiger partial charge in [-0.25, -0.2) is 0 Å². The fraction of sp³-hybridized carbons (Fsp3) is 0.632. The fourth-order valence-corrected chi connectivity index (χ4v) is 4.19. The molecule has 3 rings (SSSR count). The van der Waals surface area contributed by atoms with Gasteiger partial charge >= 0.3 is 0 Å². The van der Waals surface area contributed by atoms with Crippen LogP contribution >= 0.6 is 11.6 Å². The van der Waals surface area contributed by atoms with Crippen LogP contribution in [0.2, 0.25) is 5.02 Å². The van der Waals surface area contributed by atoms with Gasteiger partial charge in [0.15, 0.2) is 0 Å². The molecule has 1 heterocycles. The second kappa shape index (κ2) is 8.28. The molecule has 0 radical (unpaired) electrons. The largest absolute Gasteiger partial charge is 0.496 e. The molecule has 5 nitrogen and oxygen atoms in total. The topological polar surface area (TPSA) is 67.6 Å². The summed E-state index contributed by atoms with van der Waals surface area (Å²) >= 11 is 6.07. The number of halogens is 1. The lowest BCUT2D eigenvalue weighted by molar-refractivity contribution is 0.0934. The third-order valence-electron chi connectivity index (χ3n) is 5.41. The zero-order chi connectivity index (χ0) is 17.8. The number of anilines is 1. The number of hydrogen-bond acceptors (Lipinski definition) is 4. The van der Waals surface area contributed by atoms with E-state index in [4.69, 9.17) is 22.1 Å². The molecule has 138 valence electrons. The van der Waals surface area contributed by atoms with Crippen LogP contribution in [0.1, 0.15) is 48.9 Å². The summed E-state index contributed by atoms with van der Waals surface area (Å²) in [5, 5.41) is 3.50. The first-order valence-electron chi connectivity index (χ1n) is 9.23. The van der Waals surface area contributed by atoms with Crippen LogP contribution in [0.15, 0.2) is 12.1 Å². The summed E-state index contributed by atoms with van der Waals surface area (Å²) in [5.74, 6) is 1.14. The fourth-order valence-electron chi connectivity index (χ4n) is 4.03. The third-order valence-corrected chi connectivity index (χ3v) is 5.74. The van der Waals surface area contributed by atoms with Crippen LogP contribution in [0.25, 0.3) is 0 Å². The number of amides is 1. The predicted octanol–water partition coefficient (Wildman–Crippen LogP) is 3.32. The number of carbonyl (C=O) groups excluding carboxylic acids is 1. The second-order valence-corrected chi connectivity index (χ2v) is 7.70. The quantitative estimate of drug-likeness (QED) is 0.785. The van der Waals surface area contributed by atoms with E-state index >= 15 is 0 Å². The van der Waals surface area contributed by atoms with Crippen molar-refractivity contribution in [3.8, 4) is 5.75 Å². The Morgan fingerprint density at radius 3 is 2.80 bits per heavy atom. The van der Waals surface area contributed by atoms with Crippen LogP contribution in [-0.4, -0.2) is 43.6 Å². The molecule has 1 amide bonds. The number of ether oxygens (including phenoxy) is 1. The third kappa shape index (κ3) is 4.59. The highest BCUT2D eigenvalue weighted by molar-refractivity contribution is 6.33. The number of nitrogens with zero attached hydrogens (tertiary/aromatic N) is 1. The smallest absolute Gasteiger partial charge is 0.255 e. The van der Waals surface area contributed by atoms with Crippen molar-refractivity contribution in [1.29, 1.82) is 0 Å². The van der Waals surface area contributed by atoms with Gasteiger partial charge in [0.05, 0.1) is 23.4 Å². The molecule has 3 N–H and O–H groups in total. The van der Waals surface area contributed by atoms with E-state index in [0.29, 0.717) is 22.0 Å². The molecule has 1 saturated heterocycles. The molecule has 25 heavy (non-hydrogen) atoms. The van der Waals surface area contributed by atoms with Crippen molar-refractivity contribution >= 4 is 23.2 Å². The number of nitrogens with two attached hydrogens (primary N) is 1. The molecule has 0 aromatic heterocycles. The van der Waals surface area contributed by atoms with Gasteiger partial charge in [0.1, 0.15) is 5.75 Å². The average molecular weight is 366 g/mol. The minimum Gasteiger partial charge on any atom is -0.496 e. The Kier molecular flexibility index (Phi) is 6.07. The lowest BCUT2D eigenvalue weighted by Gasteiger charge is -2.26. The van der Waals surface area contributed by atoms with Crippen LogP contribution in [0, 0.1) is 5.92 Å². The summed E-state index contributed by atoms with van der Waals surface area (Å²) in [5.41, 5.74) is 6.63. The maximum absolute atomic E-state index is 12.6. The number of methoxy groups -OCH3 is 1. The number of nitrogen functional groups attached to an aromatic ring is 1. The number of rotatable bonds is 5. The molecule has 1 unspecified atom stereocenters. The van der Waals surface area contributed by atoms with Gasteiger partial charge in [-0.1, -0.05) is 30.9 Å². The molecular formula is C19H28ClN3O2. The maximum atomic E-state index is 12.6. The predicted molar refractivity (Wildman–Crippen MR) is 101 cm³/mol. The summed E-state index contributed by atoms with van der Waals surface area (Å²) in [4.78, 5) is 15.1. The van der Waals surface area contributed by atoms with Gasteiger partial charge in [-0.05, 0) is 31.2 Å². The van der Waals surface area contributed by atoms with Gasteiger partial charge < -0.3 is 20.7 Å². The van der Waals surface area contributed by atoms with Gasteiger partial charge in [0.2, 0.25) is 0 Å². The first-order chi connectivity index (χ1) is 12.1. The van der Waals surface area contributed by atoms with Crippen molar-refractivity contribution in [3.63, 3.8) is 0 Å². The van der Waals surface area contributed by atoms with E-state index in [-0.39, 0.29) is 11.9 Å². The van der Waals surface area contributed by atoms with E-state index < -0.39 is 0 Å². The van der Waals surface area contributed by atoms with Crippen LogP contribution in [-0.2, 0) is 0 Å². The zero-order valence-electron chi connectivity index (χ0n) is 14.9. The highest BCUT2D eigenvalue weighted by Crippen LogP contribution is 2.29. The minimum absolute atomic E-state index is 0.150. The van der Waals surface area contributed by atoms with E-state index in [0.717, 1.165) is 25.4 Å². The van der Waals surface area contributed by atoms with Gasteiger partial charge in [0.25, 0.3) is 5.91 Å². The van der Waals surface area contributed by atoms with Crippen LogP contribution in [0.5, 0.6) is 5.75 Å². The standard InChI is InChI=1S/C19H28ClN3O2/c1-25-18-10-17(21)16(20)9-15(18)19(24)22-14-7-8-23(12-14)11-13-5-3-2-4-6-13/h9-10,13-14H,2-8,11-12,21H2,1H3,(H,22,24). The number of hydrogen-bond donors (Lipinski definition) is 2. The molecular weight excluding hydrogens is 338 g/mol. The molecule has 2 fully saturated rings. The van der Waals surface area contributed by atoms with Crippen molar-refractivity contribution in [2.24, 2.45) is 5.92 Å². The number of benzene rings is 1. The van der Waals surface area contributed by atoms with Crippen LogP contribution in [0.4, 0.5) is 5.69 Å². The Labute approximate surface area is 154 Å². The summed E-state index contributed by atoms with van der Waals surface area (Å²) in [6.07, 6.45) is 7.83. The average Bonchev–Trinajstić information content (AvgIpc) is 3.04. The summed E-state index contributed by atoms with van der Waals surface area (Å²) in [6, 6.07) is 3.36.